The number of hydrogen-bond donors (Lipinski definition) is 8. The zero-order valence-corrected chi connectivity index (χ0v) is 23.9. The summed E-state index contributed by atoms with van der Waals surface area (Å²) in [6.45, 7) is -0.392. The maximum absolute atomic E-state index is 13.2. The lowest BCUT2D eigenvalue weighted by molar-refractivity contribution is -0.323. The van der Waals surface area contributed by atoms with Crippen LogP contribution in [0.15, 0.2) is 43.2 Å². The fourth-order valence-corrected chi connectivity index (χ4v) is 4.90. The topological polar surface area (TPSA) is 270 Å². The van der Waals surface area contributed by atoms with E-state index in [4.69, 9.17) is 4.74 Å². The van der Waals surface area contributed by atoms with Crippen LogP contribution in [0.2, 0.25) is 0 Å². The van der Waals surface area contributed by atoms with Gasteiger partial charge in [0.1, 0.15) is 17.5 Å². The number of anilines is 1. The first-order chi connectivity index (χ1) is 21.4. The van der Waals surface area contributed by atoms with Crippen LogP contribution < -0.4 is 15.0 Å². The molecule has 1 aliphatic carbocycles. The van der Waals surface area contributed by atoms with Gasteiger partial charge in [0.25, 0.3) is 6.41 Å². The third kappa shape index (κ3) is 7.54. The van der Waals surface area contributed by atoms with Crippen molar-refractivity contribution >= 4 is 11.8 Å². The molecule has 0 bridgehead atoms. The molecule has 5 rings (SSSR count). The molecule has 8 N–H and O–H groups in total. The quantitative estimate of drug-likeness (QED) is 0.0907. The van der Waals surface area contributed by atoms with E-state index in [1.807, 2.05) is 0 Å². The van der Waals surface area contributed by atoms with E-state index in [1.54, 1.807) is 24.1 Å². The molecule has 240 valence electrons. The highest BCUT2D eigenvalue weighted by Crippen LogP contribution is 2.31. The van der Waals surface area contributed by atoms with E-state index in [-0.39, 0.29) is 29.3 Å². The normalized spacial score (nSPS) is 17.1. The van der Waals surface area contributed by atoms with Crippen LogP contribution in [-0.2, 0) is 13.0 Å². The molecule has 45 heavy (non-hydrogen) atoms. The van der Waals surface area contributed by atoms with E-state index in [0.29, 0.717) is 31.4 Å². The maximum atomic E-state index is 13.2. The average Bonchev–Trinajstić information content (AvgIpc) is 3.67. The third-order valence-corrected chi connectivity index (χ3v) is 7.04. The smallest absolute Gasteiger partial charge is 0.323 e. The van der Waals surface area contributed by atoms with E-state index in [2.05, 4.69) is 35.5 Å². The van der Waals surface area contributed by atoms with Gasteiger partial charge in [0.05, 0.1) is 36.4 Å². The standard InChI is InChI=1S/C26H32N10O9/c1-34-13-14(8-31-34)19-10-28-20(11-27-19)36(24(39)30-12-21(37)38)15-2-4-16(5-3-15)45-23-29-9-17(26(42,43)44)22(32-23)18-6-7-35(33-18)25(40)41/h6-11,13,15-16,21,25,37-38,40-44H,2-5,12H2,1H3,(H,30,39). The summed E-state index contributed by atoms with van der Waals surface area (Å²) < 4.78 is 8.36. The highest BCUT2D eigenvalue weighted by atomic mass is 16.7. The zero-order valence-electron chi connectivity index (χ0n) is 23.9. The molecule has 0 spiro atoms. The number of rotatable bonds is 10. The van der Waals surface area contributed by atoms with Crippen LogP contribution in [-0.4, -0.2) is 106 Å². The summed E-state index contributed by atoms with van der Waals surface area (Å²) in [7, 11) is 1.77. The molecule has 0 saturated heterocycles. The van der Waals surface area contributed by atoms with E-state index < -0.39 is 42.9 Å². The van der Waals surface area contributed by atoms with Crippen LogP contribution in [0, 0.1) is 0 Å². The van der Waals surface area contributed by atoms with Gasteiger partial charge in [0.2, 0.25) is 0 Å². The number of aryl methyl sites for hydroxylation is 1. The second-order valence-electron chi connectivity index (χ2n) is 10.3. The molecule has 0 unspecified atom stereocenters. The van der Waals surface area contributed by atoms with Gasteiger partial charge in [0, 0.05) is 37.2 Å². The maximum Gasteiger partial charge on any atom is 0.323 e. The number of carbonyl (C=O) groups excluding carboxylic acids is 1. The van der Waals surface area contributed by atoms with Gasteiger partial charge < -0.3 is 45.8 Å². The van der Waals surface area contributed by atoms with E-state index >= 15 is 0 Å². The van der Waals surface area contributed by atoms with Crippen LogP contribution in [0.3, 0.4) is 0 Å². The molecule has 0 atom stereocenters. The number of aliphatic hydroxyl groups is 7. The average molecular weight is 629 g/mol. The Morgan fingerprint density at radius 2 is 1.80 bits per heavy atom. The predicted molar refractivity (Wildman–Crippen MR) is 150 cm³/mol. The number of ether oxygens (including phenoxy) is 1. The molecule has 0 aromatic carbocycles. The molecule has 19 heteroatoms. The first-order valence-electron chi connectivity index (χ1n) is 13.8. The number of aromatic nitrogens is 8. The van der Waals surface area contributed by atoms with Crippen molar-refractivity contribution in [1.29, 1.82) is 0 Å². The van der Waals surface area contributed by atoms with Crippen molar-refractivity contribution in [3.8, 4) is 28.7 Å². The van der Waals surface area contributed by atoms with Gasteiger partial charge in [-0.05, 0) is 31.7 Å². The van der Waals surface area contributed by atoms with E-state index in [0.717, 1.165) is 16.4 Å². The molecule has 2 amide bonds. The molecule has 0 radical (unpaired) electrons. The Hall–Kier alpha value is -4.63. The van der Waals surface area contributed by atoms with Gasteiger partial charge >= 0.3 is 18.0 Å². The Morgan fingerprint density at radius 3 is 2.38 bits per heavy atom. The fraction of sp³-hybridized carbons (Fsp3) is 0.423. The highest BCUT2D eigenvalue weighted by molar-refractivity contribution is 5.91. The number of urea groups is 1. The van der Waals surface area contributed by atoms with Crippen LogP contribution in [0.4, 0.5) is 10.6 Å². The minimum Gasteiger partial charge on any atom is -0.460 e. The van der Waals surface area contributed by atoms with Crippen molar-refractivity contribution in [2.24, 2.45) is 7.05 Å². The van der Waals surface area contributed by atoms with Gasteiger partial charge in [-0.15, -0.1) is 0 Å². The largest absolute Gasteiger partial charge is 0.460 e. The second kappa shape index (κ2) is 13.2. The summed E-state index contributed by atoms with van der Waals surface area (Å²) in [5, 5.41) is 77.2. The third-order valence-electron chi connectivity index (χ3n) is 7.04. The monoisotopic (exact) mass is 628 g/mol. The second-order valence-corrected chi connectivity index (χ2v) is 10.3. The molecule has 0 aliphatic heterocycles. The predicted octanol–water partition coefficient (Wildman–Crippen LogP) is -1.72. The number of amides is 2. The fourth-order valence-electron chi connectivity index (χ4n) is 4.90. The van der Waals surface area contributed by atoms with Crippen molar-refractivity contribution < 1.29 is 45.3 Å². The summed E-state index contributed by atoms with van der Waals surface area (Å²) in [6, 6.07) is 0.204. The SMILES string of the molecule is Cn1cc(-c2cnc(N(C(=O)NCC(O)O)C3CCC(Oc4ncc(C(O)(O)O)c(-c5ccn(C(O)O)n5)n4)CC3)cn2)cn1. The van der Waals surface area contributed by atoms with Gasteiger partial charge in [-0.3, -0.25) is 14.6 Å². The van der Waals surface area contributed by atoms with E-state index in [1.165, 1.54) is 29.6 Å². The lowest BCUT2D eigenvalue weighted by atomic mass is 9.92. The molecule has 4 aromatic heterocycles. The molecule has 4 aromatic rings. The number of aliphatic hydroxyl groups excluding tert-OH is 2. The molecule has 1 saturated carbocycles. The Bertz CT molecular complexity index is 1600. The summed E-state index contributed by atoms with van der Waals surface area (Å²) in [5.41, 5.74) is 0.542. The van der Waals surface area contributed by atoms with E-state index in [9.17, 15) is 40.5 Å². The minimum atomic E-state index is -3.32. The van der Waals surface area contributed by atoms with Crippen LogP contribution in [0.1, 0.15) is 37.7 Å². The summed E-state index contributed by atoms with van der Waals surface area (Å²) in [6.07, 6.45) is 6.20. The van der Waals surface area contributed by atoms with Crippen LogP contribution >= 0.6 is 0 Å². The molecule has 1 fully saturated rings. The van der Waals surface area contributed by atoms with Crippen molar-refractivity contribution in [2.75, 3.05) is 11.4 Å². The zero-order chi connectivity index (χ0) is 32.3. The van der Waals surface area contributed by atoms with Crippen molar-refractivity contribution in [2.45, 2.75) is 56.5 Å². The number of hydrogen-bond acceptors (Lipinski definition) is 15. The minimum absolute atomic E-state index is 0.0270. The Morgan fingerprint density at radius 1 is 1.04 bits per heavy atom. The van der Waals surface area contributed by atoms with Crippen LogP contribution in [0.5, 0.6) is 6.01 Å². The molecule has 1 aliphatic rings. The van der Waals surface area contributed by atoms with Gasteiger partial charge in [-0.1, -0.05) is 0 Å². The van der Waals surface area contributed by atoms with Crippen molar-refractivity contribution in [3.63, 3.8) is 0 Å². The molecular formula is C26H32N10O9. The summed E-state index contributed by atoms with van der Waals surface area (Å²) in [5.74, 6) is -3.06. The first kappa shape index (κ1) is 31.8. The van der Waals surface area contributed by atoms with Crippen molar-refractivity contribution in [3.05, 3.63) is 48.8 Å². The lowest BCUT2D eigenvalue weighted by Crippen LogP contribution is -2.50. The van der Waals surface area contributed by atoms with Gasteiger partial charge in [-0.2, -0.15) is 15.2 Å². The summed E-state index contributed by atoms with van der Waals surface area (Å²) in [4.78, 5) is 31.6. The summed E-state index contributed by atoms with van der Waals surface area (Å²) >= 11 is 0. The van der Waals surface area contributed by atoms with Gasteiger partial charge in [0.15, 0.2) is 12.1 Å². The molecule has 19 nitrogen and oxygen atoms in total. The molecule has 4 heterocycles. The first-order valence-corrected chi connectivity index (χ1v) is 13.8. The Labute approximate surface area is 254 Å². The van der Waals surface area contributed by atoms with Gasteiger partial charge in [-0.25, -0.2) is 19.4 Å². The Balaban J connectivity index is 1.31. The van der Waals surface area contributed by atoms with Crippen LogP contribution in [0.25, 0.3) is 22.6 Å². The number of nitrogens with zero attached hydrogens (tertiary/aromatic N) is 9. The molecular weight excluding hydrogens is 596 g/mol. The number of carbonyl (C=O) groups is 1. The Kier molecular flexibility index (Phi) is 9.29. The van der Waals surface area contributed by atoms with Crippen molar-refractivity contribution in [1.82, 2.24) is 44.8 Å². The highest BCUT2D eigenvalue weighted by Gasteiger charge is 2.34. The lowest BCUT2D eigenvalue weighted by Gasteiger charge is -2.36. The number of nitrogens with one attached hydrogen (secondary N) is 1.